The minimum absolute atomic E-state index is 0.238. The van der Waals surface area contributed by atoms with Crippen LogP contribution in [0.3, 0.4) is 0 Å². The number of fused-ring (bicyclic) bond motifs is 5. The highest BCUT2D eigenvalue weighted by Gasteiger charge is 2.48. The third kappa shape index (κ3) is 6.30. The predicted molar refractivity (Wildman–Crippen MR) is 250 cm³/mol. The Morgan fingerprint density at radius 2 is 1.00 bits per heavy atom. The standard InChI is InChI=1S/C58H48N4/c1-38-31-41-32-39(2)35-57(34-38,36-41)46-28-26-45(27-29-46)55-60-54(44-24-22-43(23-25-44)42-13-6-3-7-14-42)61-56(62-55)50-19-12-20-51-53(50)49-30-21-40(37-59)33-52(49)58(51,47-15-8-4-9-16-47)48-17-10-5-11-18-48/h3-30,33,38-39,41H,31-32,34-36H2,1-2H3/t38-,39+,41?,57?. The second-order valence-electron chi connectivity index (χ2n) is 18.3. The van der Waals surface area contributed by atoms with Crippen LogP contribution in [0.1, 0.15) is 79.3 Å². The Morgan fingerprint density at radius 3 is 1.60 bits per heavy atom. The fourth-order valence-corrected chi connectivity index (χ4v) is 12.0. The van der Waals surface area contributed by atoms with Crippen LogP contribution in [0, 0.1) is 29.1 Å². The zero-order chi connectivity index (χ0) is 41.8. The summed E-state index contributed by atoms with van der Waals surface area (Å²) in [5.41, 5.74) is 13.4. The van der Waals surface area contributed by atoms with Crippen LogP contribution in [0.2, 0.25) is 0 Å². The molecule has 8 aromatic rings. The summed E-state index contributed by atoms with van der Waals surface area (Å²) in [6.45, 7) is 4.91. The lowest BCUT2D eigenvalue weighted by Gasteiger charge is -2.50. The van der Waals surface area contributed by atoms with Gasteiger partial charge in [-0.2, -0.15) is 5.26 Å². The molecule has 1 aromatic heterocycles. The van der Waals surface area contributed by atoms with Gasteiger partial charge in [0, 0.05) is 16.7 Å². The molecule has 7 aromatic carbocycles. The van der Waals surface area contributed by atoms with Gasteiger partial charge in [0.15, 0.2) is 17.5 Å². The zero-order valence-corrected chi connectivity index (χ0v) is 35.3. The van der Waals surface area contributed by atoms with Crippen molar-refractivity contribution < 1.29 is 0 Å². The third-order valence-electron chi connectivity index (χ3n) is 14.2. The van der Waals surface area contributed by atoms with Crippen LogP contribution in [0.4, 0.5) is 0 Å². The highest BCUT2D eigenvalue weighted by molar-refractivity contribution is 5.95. The van der Waals surface area contributed by atoms with Gasteiger partial charge in [0.2, 0.25) is 0 Å². The summed E-state index contributed by atoms with van der Waals surface area (Å²) in [6, 6.07) is 64.8. The summed E-state index contributed by atoms with van der Waals surface area (Å²) in [6.07, 6.45) is 6.53. The molecule has 0 radical (unpaired) electrons. The van der Waals surface area contributed by atoms with Crippen molar-refractivity contribution in [2.45, 2.75) is 56.8 Å². The molecule has 4 atom stereocenters. The molecule has 3 aliphatic carbocycles. The molecule has 0 aliphatic heterocycles. The van der Waals surface area contributed by atoms with Gasteiger partial charge in [0.25, 0.3) is 0 Å². The Kier molecular flexibility index (Phi) is 9.31. The molecule has 2 bridgehead atoms. The van der Waals surface area contributed by atoms with Crippen molar-refractivity contribution >= 4 is 0 Å². The number of aromatic nitrogens is 3. The first-order valence-electron chi connectivity index (χ1n) is 22.2. The minimum Gasteiger partial charge on any atom is -0.208 e. The summed E-state index contributed by atoms with van der Waals surface area (Å²) in [7, 11) is 0. The third-order valence-corrected chi connectivity index (χ3v) is 14.2. The fraction of sp³-hybridized carbons (Fsp3) is 0.207. The summed E-state index contributed by atoms with van der Waals surface area (Å²) < 4.78 is 0. The van der Waals surface area contributed by atoms with Gasteiger partial charge in [-0.25, -0.2) is 15.0 Å². The smallest absolute Gasteiger partial charge is 0.164 e. The SMILES string of the molecule is C[C@@H]1CC2C[C@H](C)CC(c3ccc(-c4nc(-c5ccc(-c6ccccc6)cc5)nc(-c5cccc6c5-c5ccc(C#N)cc5C6(c5ccccc5)c5ccccc5)n4)cc3)(C2)C1. The Hall–Kier alpha value is -6.96. The quantitative estimate of drug-likeness (QED) is 0.161. The van der Waals surface area contributed by atoms with E-state index >= 15 is 0 Å². The first-order valence-corrected chi connectivity index (χ1v) is 22.2. The molecule has 4 heteroatoms. The maximum Gasteiger partial charge on any atom is 0.164 e. The van der Waals surface area contributed by atoms with Crippen LogP contribution < -0.4 is 0 Å². The van der Waals surface area contributed by atoms with Crippen LogP contribution in [-0.2, 0) is 10.8 Å². The number of hydrogen-bond donors (Lipinski definition) is 0. The number of hydrogen-bond acceptors (Lipinski definition) is 4. The summed E-state index contributed by atoms with van der Waals surface area (Å²) in [4.78, 5) is 16.0. The highest BCUT2D eigenvalue weighted by Crippen LogP contribution is 2.58. The van der Waals surface area contributed by atoms with Crippen molar-refractivity contribution in [3.63, 3.8) is 0 Å². The van der Waals surface area contributed by atoms with Crippen molar-refractivity contribution in [3.05, 3.63) is 209 Å². The van der Waals surface area contributed by atoms with Gasteiger partial charge < -0.3 is 0 Å². The number of rotatable bonds is 7. The molecule has 300 valence electrons. The van der Waals surface area contributed by atoms with Gasteiger partial charge in [-0.05, 0) is 117 Å². The Labute approximate surface area is 365 Å². The van der Waals surface area contributed by atoms with E-state index in [0.29, 0.717) is 23.0 Å². The average molecular weight is 801 g/mol. The van der Waals surface area contributed by atoms with E-state index in [1.807, 2.05) is 12.1 Å². The molecule has 0 N–H and O–H groups in total. The lowest BCUT2D eigenvalue weighted by atomic mass is 9.54. The predicted octanol–water partition coefficient (Wildman–Crippen LogP) is 13.9. The van der Waals surface area contributed by atoms with Gasteiger partial charge in [0.05, 0.1) is 17.0 Å². The van der Waals surface area contributed by atoms with Gasteiger partial charge in [-0.1, -0.05) is 178 Å². The van der Waals surface area contributed by atoms with E-state index < -0.39 is 5.41 Å². The molecule has 4 nitrogen and oxygen atoms in total. The number of nitriles is 1. The van der Waals surface area contributed by atoms with E-state index in [1.165, 1.54) is 43.2 Å². The molecule has 2 fully saturated rings. The molecule has 62 heavy (non-hydrogen) atoms. The largest absolute Gasteiger partial charge is 0.208 e. The first kappa shape index (κ1) is 38.0. The molecule has 2 saturated carbocycles. The van der Waals surface area contributed by atoms with E-state index in [1.54, 1.807) is 0 Å². The van der Waals surface area contributed by atoms with Crippen LogP contribution in [0.15, 0.2) is 176 Å². The zero-order valence-electron chi connectivity index (χ0n) is 35.3. The molecule has 0 amide bonds. The first-order chi connectivity index (χ1) is 30.4. The average Bonchev–Trinajstić information content (AvgIpc) is 3.62. The molecule has 1 heterocycles. The maximum atomic E-state index is 10.3. The fourth-order valence-electron chi connectivity index (χ4n) is 12.0. The van der Waals surface area contributed by atoms with Gasteiger partial charge in [-0.3, -0.25) is 0 Å². The van der Waals surface area contributed by atoms with E-state index in [2.05, 4.69) is 184 Å². The van der Waals surface area contributed by atoms with Crippen molar-refractivity contribution in [1.29, 1.82) is 5.26 Å². The van der Waals surface area contributed by atoms with Crippen molar-refractivity contribution in [2.75, 3.05) is 0 Å². The molecular weight excluding hydrogens is 753 g/mol. The van der Waals surface area contributed by atoms with Gasteiger partial charge in [-0.15, -0.1) is 0 Å². The second-order valence-corrected chi connectivity index (χ2v) is 18.3. The lowest BCUT2D eigenvalue weighted by Crippen LogP contribution is -2.42. The van der Waals surface area contributed by atoms with Crippen molar-refractivity contribution in [3.8, 4) is 62.5 Å². The van der Waals surface area contributed by atoms with Crippen LogP contribution >= 0.6 is 0 Å². The number of nitrogens with zero attached hydrogens (tertiary/aromatic N) is 4. The van der Waals surface area contributed by atoms with Crippen LogP contribution in [0.5, 0.6) is 0 Å². The van der Waals surface area contributed by atoms with Crippen molar-refractivity contribution in [2.24, 2.45) is 17.8 Å². The van der Waals surface area contributed by atoms with Crippen LogP contribution in [-0.4, -0.2) is 15.0 Å². The van der Waals surface area contributed by atoms with Crippen molar-refractivity contribution in [1.82, 2.24) is 15.0 Å². The molecule has 0 saturated heterocycles. The normalized spacial score (nSPS) is 20.8. The monoisotopic (exact) mass is 800 g/mol. The number of benzene rings is 7. The van der Waals surface area contributed by atoms with E-state index in [0.717, 1.165) is 73.4 Å². The van der Waals surface area contributed by atoms with E-state index in [9.17, 15) is 5.26 Å². The highest BCUT2D eigenvalue weighted by atomic mass is 15.0. The molecule has 11 rings (SSSR count). The summed E-state index contributed by atoms with van der Waals surface area (Å²) in [5, 5.41) is 10.3. The van der Waals surface area contributed by atoms with Gasteiger partial charge in [0.1, 0.15) is 0 Å². The van der Waals surface area contributed by atoms with E-state index in [-0.39, 0.29) is 5.41 Å². The van der Waals surface area contributed by atoms with E-state index in [4.69, 9.17) is 15.0 Å². The maximum absolute atomic E-state index is 10.3. The van der Waals surface area contributed by atoms with Crippen LogP contribution in [0.25, 0.3) is 56.4 Å². The summed E-state index contributed by atoms with van der Waals surface area (Å²) >= 11 is 0. The molecular formula is C58H48N4. The van der Waals surface area contributed by atoms with Gasteiger partial charge >= 0.3 is 0 Å². The summed E-state index contributed by atoms with van der Waals surface area (Å²) in [5.74, 6) is 4.21. The minimum atomic E-state index is -0.677. The topological polar surface area (TPSA) is 62.5 Å². The Morgan fingerprint density at radius 1 is 0.468 bits per heavy atom. The molecule has 3 aliphatic rings. The molecule has 0 spiro atoms. The Balaban J connectivity index is 1.11. The second kappa shape index (κ2) is 15.2. The lowest BCUT2D eigenvalue weighted by molar-refractivity contribution is 0.0780. The Bertz CT molecular complexity index is 2910. The molecule has 2 unspecified atom stereocenters.